The lowest BCUT2D eigenvalue weighted by molar-refractivity contribution is -0.138. The van der Waals surface area contributed by atoms with Crippen LogP contribution in [0.5, 0.6) is 0 Å². The van der Waals surface area contributed by atoms with Gasteiger partial charge in [0, 0.05) is 51.6 Å². The number of hydrogen-bond acceptors (Lipinski definition) is 5. The van der Waals surface area contributed by atoms with E-state index in [0.717, 1.165) is 37.1 Å². The quantitative estimate of drug-likeness (QED) is 0.546. The molecule has 0 radical (unpaired) electrons. The lowest BCUT2D eigenvalue weighted by Gasteiger charge is -2.31. The number of aliphatic carboxylic acids is 1. The third-order valence-corrected chi connectivity index (χ3v) is 6.01. The SMILES string of the molecule is CN(CCCC(=O)O)C(=O)CCN1CCC(OC(=O)Nc2ccccc2-c2ccccc2)CC1. The summed E-state index contributed by atoms with van der Waals surface area (Å²) in [6.07, 6.45) is 1.74. The second-order valence-corrected chi connectivity index (χ2v) is 8.55. The first-order valence-corrected chi connectivity index (χ1v) is 11.7. The number of carboxylic acid groups (broad SMARTS) is 1. The minimum absolute atomic E-state index is 0.0141. The van der Waals surface area contributed by atoms with Crippen LogP contribution in [0.25, 0.3) is 11.1 Å². The van der Waals surface area contributed by atoms with E-state index in [2.05, 4.69) is 10.2 Å². The van der Waals surface area contributed by atoms with E-state index in [9.17, 15) is 14.4 Å². The summed E-state index contributed by atoms with van der Waals surface area (Å²) in [4.78, 5) is 39.2. The highest BCUT2D eigenvalue weighted by atomic mass is 16.6. The summed E-state index contributed by atoms with van der Waals surface area (Å²) in [5, 5.41) is 11.6. The number of anilines is 1. The molecule has 8 heteroatoms. The smallest absolute Gasteiger partial charge is 0.411 e. The lowest BCUT2D eigenvalue weighted by Crippen LogP contribution is -2.40. The van der Waals surface area contributed by atoms with Gasteiger partial charge in [0.15, 0.2) is 0 Å². The van der Waals surface area contributed by atoms with Crippen molar-refractivity contribution in [1.82, 2.24) is 9.80 Å². The minimum atomic E-state index is -0.847. The molecule has 34 heavy (non-hydrogen) atoms. The van der Waals surface area contributed by atoms with Crippen molar-refractivity contribution in [3.8, 4) is 11.1 Å². The molecule has 0 aromatic heterocycles. The molecular formula is C26H33N3O5. The second-order valence-electron chi connectivity index (χ2n) is 8.55. The maximum atomic E-state index is 12.5. The van der Waals surface area contributed by atoms with Gasteiger partial charge in [0.2, 0.25) is 5.91 Å². The summed E-state index contributed by atoms with van der Waals surface area (Å²) in [5.74, 6) is -0.833. The van der Waals surface area contributed by atoms with Crippen molar-refractivity contribution >= 4 is 23.7 Å². The molecular weight excluding hydrogens is 434 g/mol. The molecule has 8 nitrogen and oxygen atoms in total. The first-order chi connectivity index (χ1) is 16.4. The van der Waals surface area contributed by atoms with E-state index in [-0.39, 0.29) is 18.4 Å². The number of carbonyl (C=O) groups is 3. The van der Waals surface area contributed by atoms with E-state index in [1.807, 2.05) is 54.6 Å². The van der Waals surface area contributed by atoms with Crippen LogP contribution in [0.4, 0.5) is 10.5 Å². The Bertz CT molecular complexity index is 958. The maximum absolute atomic E-state index is 12.5. The van der Waals surface area contributed by atoms with Gasteiger partial charge in [0.25, 0.3) is 0 Å². The summed E-state index contributed by atoms with van der Waals surface area (Å²) >= 11 is 0. The van der Waals surface area contributed by atoms with Crippen LogP contribution in [-0.4, -0.2) is 72.2 Å². The Morgan fingerprint density at radius 3 is 2.41 bits per heavy atom. The molecule has 0 atom stereocenters. The van der Waals surface area contributed by atoms with Gasteiger partial charge in [-0.1, -0.05) is 48.5 Å². The molecule has 0 saturated carbocycles. The lowest BCUT2D eigenvalue weighted by atomic mass is 10.0. The van der Waals surface area contributed by atoms with Crippen LogP contribution in [-0.2, 0) is 14.3 Å². The number of benzene rings is 2. The molecule has 2 N–H and O–H groups in total. The molecule has 1 fully saturated rings. The number of rotatable bonds is 10. The summed E-state index contributed by atoms with van der Waals surface area (Å²) < 4.78 is 5.66. The van der Waals surface area contributed by atoms with E-state index in [1.54, 1.807) is 11.9 Å². The average molecular weight is 468 g/mol. The fraction of sp³-hybridized carbons (Fsp3) is 0.423. The van der Waals surface area contributed by atoms with Crippen LogP contribution in [0.1, 0.15) is 32.1 Å². The van der Waals surface area contributed by atoms with Crippen molar-refractivity contribution < 1.29 is 24.2 Å². The van der Waals surface area contributed by atoms with E-state index in [0.29, 0.717) is 31.6 Å². The number of amides is 2. The molecule has 1 saturated heterocycles. The first kappa shape index (κ1) is 25.2. The van der Waals surface area contributed by atoms with Gasteiger partial charge >= 0.3 is 12.1 Å². The molecule has 1 aliphatic rings. The van der Waals surface area contributed by atoms with Crippen molar-refractivity contribution in [3.05, 3.63) is 54.6 Å². The fourth-order valence-electron chi connectivity index (χ4n) is 4.04. The van der Waals surface area contributed by atoms with E-state index < -0.39 is 12.1 Å². The largest absolute Gasteiger partial charge is 0.481 e. The maximum Gasteiger partial charge on any atom is 0.411 e. The Morgan fingerprint density at radius 1 is 1.03 bits per heavy atom. The molecule has 2 aromatic carbocycles. The van der Waals surface area contributed by atoms with Gasteiger partial charge < -0.3 is 19.6 Å². The highest BCUT2D eigenvalue weighted by Crippen LogP contribution is 2.28. The number of hydrogen-bond donors (Lipinski definition) is 2. The van der Waals surface area contributed by atoms with Crippen LogP contribution >= 0.6 is 0 Å². The van der Waals surface area contributed by atoms with Crippen molar-refractivity contribution in [2.45, 2.75) is 38.2 Å². The third-order valence-electron chi connectivity index (χ3n) is 6.01. The van der Waals surface area contributed by atoms with Gasteiger partial charge in [-0.3, -0.25) is 14.9 Å². The molecule has 0 bridgehead atoms. The Morgan fingerprint density at radius 2 is 1.71 bits per heavy atom. The van der Waals surface area contributed by atoms with Crippen LogP contribution in [0.2, 0.25) is 0 Å². The topological polar surface area (TPSA) is 99.2 Å². The zero-order chi connectivity index (χ0) is 24.3. The van der Waals surface area contributed by atoms with Crippen LogP contribution in [0.3, 0.4) is 0 Å². The number of ether oxygens (including phenoxy) is 1. The molecule has 0 aliphatic carbocycles. The predicted octanol–water partition coefficient (Wildman–Crippen LogP) is 4.08. The zero-order valence-electron chi connectivity index (χ0n) is 19.6. The van der Waals surface area contributed by atoms with Crippen molar-refractivity contribution in [2.24, 2.45) is 0 Å². The van der Waals surface area contributed by atoms with Gasteiger partial charge in [-0.15, -0.1) is 0 Å². The molecule has 0 spiro atoms. The minimum Gasteiger partial charge on any atom is -0.481 e. The summed E-state index contributed by atoms with van der Waals surface area (Å²) in [5.41, 5.74) is 2.67. The monoisotopic (exact) mass is 467 g/mol. The average Bonchev–Trinajstić information content (AvgIpc) is 2.84. The molecule has 3 rings (SSSR count). The highest BCUT2D eigenvalue weighted by molar-refractivity contribution is 5.91. The summed E-state index contributed by atoms with van der Waals surface area (Å²) in [6.45, 7) is 2.61. The van der Waals surface area contributed by atoms with Crippen LogP contribution in [0, 0.1) is 0 Å². The Hall–Kier alpha value is -3.39. The zero-order valence-corrected chi connectivity index (χ0v) is 19.6. The van der Waals surface area contributed by atoms with Gasteiger partial charge in [0.05, 0.1) is 5.69 Å². The fourth-order valence-corrected chi connectivity index (χ4v) is 4.04. The van der Waals surface area contributed by atoms with Crippen molar-refractivity contribution in [2.75, 3.05) is 38.5 Å². The van der Waals surface area contributed by atoms with Crippen molar-refractivity contribution in [1.29, 1.82) is 0 Å². The van der Waals surface area contributed by atoms with Crippen LogP contribution < -0.4 is 5.32 Å². The number of nitrogens with one attached hydrogen (secondary N) is 1. The van der Waals surface area contributed by atoms with E-state index >= 15 is 0 Å². The third kappa shape index (κ3) is 7.88. The normalized spacial score (nSPS) is 14.4. The number of likely N-dealkylation sites (tertiary alicyclic amines) is 1. The van der Waals surface area contributed by atoms with Crippen molar-refractivity contribution in [3.63, 3.8) is 0 Å². The standard InChI is InChI=1S/C26H33N3O5/c1-28(16-7-12-25(31)32)24(30)15-19-29-17-13-21(14-18-29)34-26(33)27-23-11-6-5-10-22(23)20-8-3-2-4-9-20/h2-6,8-11,21H,7,12-19H2,1H3,(H,27,33)(H,31,32). The van der Waals surface area contributed by atoms with Gasteiger partial charge in [-0.05, 0) is 30.9 Å². The number of carbonyl (C=O) groups excluding carboxylic acids is 2. The summed E-state index contributed by atoms with van der Waals surface area (Å²) in [7, 11) is 1.71. The molecule has 1 aliphatic heterocycles. The Kier molecular flexibility index (Phi) is 9.46. The molecule has 2 amide bonds. The molecule has 1 heterocycles. The summed E-state index contributed by atoms with van der Waals surface area (Å²) in [6, 6.07) is 17.5. The predicted molar refractivity (Wildman–Crippen MR) is 131 cm³/mol. The van der Waals surface area contributed by atoms with Crippen LogP contribution in [0.15, 0.2) is 54.6 Å². The molecule has 2 aromatic rings. The second kappa shape index (κ2) is 12.7. The molecule has 182 valence electrons. The Labute approximate surface area is 200 Å². The van der Waals surface area contributed by atoms with Gasteiger partial charge in [-0.2, -0.15) is 0 Å². The highest BCUT2D eigenvalue weighted by Gasteiger charge is 2.23. The number of piperidine rings is 1. The molecule has 0 unspecified atom stereocenters. The number of carboxylic acids is 1. The number of para-hydroxylation sites is 1. The Balaban J connectivity index is 1.39. The van der Waals surface area contributed by atoms with Gasteiger partial charge in [0.1, 0.15) is 6.10 Å². The number of nitrogens with zero attached hydrogens (tertiary/aromatic N) is 2. The van der Waals surface area contributed by atoms with E-state index in [4.69, 9.17) is 9.84 Å². The first-order valence-electron chi connectivity index (χ1n) is 11.7. The van der Waals surface area contributed by atoms with E-state index in [1.165, 1.54) is 0 Å². The van der Waals surface area contributed by atoms with Gasteiger partial charge in [-0.25, -0.2) is 4.79 Å².